The zero-order valence-corrected chi connectivity index (χ0v) is 10.5. The molecule has 0 radical (unpaired) electrons. The van der Waals surface area contributed by atoms with E-state index in [0.717, 1.165) is 0 Å². The van der Waals surface area contributed by atoms with Gasteiger partial charge in [0.2, 0.25) is 11.8 Å². The van der Waals surface area contributed by atoms with Crippen LogP contribution < -0.4 is 5.32 Å². The number of carbonyl (C=O) groups is 1. The number of oxazole rings is 1. The quantitative estimate of drug-likeness (QED) is 0.942. The zero-order chi connectivity index (χ0) is 14.8. The minimum absolute atomic E-state index is 0.127. The molecule has 0 fully saturated rings. The van der Waals surface area contributed by atoms with Crippen LogP contribution in [-0.4, -0.2) is 10.9 Å². The van der Waals surface area contributed by atoms with Gasteiger partial charge in [-0.2, -0.15) is 13.2 Å². The van der Waals surface area contributed by atoms with Crippen LogP contribution in [0.15, 0.2) is 34.7 Å². The van der Waals surface area contributed by atoms with Gasteiger partial charge in [0, 0.05) is 12.5 Å². The van der Waals surface area contributed by atoms with Crippen molar-refractivity contribution in [3.8, 4) is 11.5 Å². The van der Waals surface area contributed by atoms with Crippen LogP contribution in [0.5, 0.6) is 0 Å². The average molecular weight is 284 g/mol. The lowest BCUT2D eigenvalue weighted by Crippen LogP contribution is -2.21. The Kier molecular flexibility index (Phi) is 3.78. The Morgan fingerprint density at radius 2 is 1.95 bits per heavy atom. The van der Waals surface area contributed by atoms with Gasteiger partial charge in [0.25, 0.3) is 0 Å². The van der Waals surface area contributed by atoms with Gasteiger partial charge < -0.3 is 9.73 Å². The fourth-order valence-corrected chi connectivity index (χ4v) is 1.60. The molecule has 0 unspecified atom stereocenters. The standard InChI is InChI=1S/C13H11F3N2O2/c1-8(19)17-7-10-11(13(14,15)16)18-12(20-10)9-5-3-2-4-6-9/h2-6H,7H2,1H3,(H,17,19). The van der Waals surface area contributed by atoms with E-state index in [1.54, 1.807) is 30.3 Å². The molecule has 2 rings (SSSR count). The van der Waals surface area contributed by atoms with Crippen LogP contribution in [0.4, 0.5) is 13.2 Å². The van der Waals surface area contributed by atoms with Gasteiger partial charge in [0.1, 0.15) is 0 Å². The first kappa shape index (κ1) is 14.1. The van der Waals surface area contributed by atoms with Crippen LogP contribution in [0.25, 0.3) is 11.5 Å². The third-order valence-electron chi connectivity index (χ3n) is 2.48. The molecular weight excluding hydrogens is 273 g/mol. The molecule has 2 aromatic rings. The van der Waals surface area contributed by atoms with Crippen molar-refractivity contribution in [2.24, 2.45) is 0 Å². The Morgan fingerprint density at radius 1 is 1.30 bits per heavy atom. The number of benzene rings is 1. The number of nitrogens with one attached hydrogen (secondary N) is 1. The molecule has 1 aromatic carbocycles. The molecular formula is C13H11F3N2O2. The topological polar surface area (TPSA) is 55.1 Å². The highest BCUT2D eigenvalue weighted by Gasteiger charge is 2.38. The Balaban J connectivity index is 2.39. The maximum Gasteiger partial charge on any atom is 0.436 e. The van der Waals surface area contributed by atoms with E-state index in [1.807, 2.05) is 0 Å². The molecule has 20 heavy (non-hydrogen) atoms. The predicted molar refractivity (Wildman–Crippen MR) is 64.5 cm³/mol. The molecule has 0 spiro atoms. The SMILES string of the molecule is CC(=O)NCc1oc(-c2ccccc2)nc1C(F)(F)F. The summed E-state index contributed by atoms with van der Waals surface area (Å²) < 4.78 is 43.7. The van der Waals surface area contributed by atoms with Gasteiger partial charge in [0.05, 0.1) is 6.54 Å². The minimum Gasteiger partial charge on any atom is -0.439 e. The van der Waals surface area contributed by atoms with Gasteiger partial charge in [-0.25, -0.2) is 4.98 Å². The first-order valence-electron chi connectivity index (χ1n) is 5.74. The molecule has 1 aromatic heterocycles. The summed E-state index contributed by atoms with van der Waals surface area (Å²) >= 11 is 0. The van der Waals surface area contributed by atoms with E-state index in [1.165, 1.54) is 6.92 Å². The molecule has 0 atom stereocenters. The van der Waals surface area contributed by atoms with Gasteiger partial charge in [-0.1, -0.05) is 18.2 Å². The molecule has 0 aliphatic rings. The fourth-order valence-electron chi connectivity index (χ4n) is 1.60. The Morgan fingerprint density at radius 3 is 2.50 bits per heavy atom. The van der Waals surface area contributed by atoms with Crippen LogP contribution in [0, 0.1) is 0 Å². The zero-order valence-electron chi connectivity index (χ0n) is 10.5. The number of amides is 1. The molecule has 0 aliphatic carbocycles. The van der Waals surface area contributed by atoms with Crippen LogP contribution in [0.1, 0.15) is 18.4 Å². The monoisotopic (exact) mass is 284 g/mol. The molecule has 1 amide bonds. The molecule has 1 N–H and O–H groups in total. The number of alkyl halides is 3. The van der Waals surface area contributed by atoms with Gasteiger partial charge in [-0.15, -0.1) is 0 Å². The van der Waals surface area contributed by atoms with E-state index < -0.39 is 23.5 Å². The lowest BCUT2D eigenvalue weighted by molar-refractivity contribution is -0.142. The molecule has 0 saturated carbocycles. The maximum absolute atomic E-state index is 12.9. The van der Waals surface area contributed by atoms with E-state index in [0.29, 0.717) is 5.56 Å². The molecule has 106 valence electrons. The van der Waals surface area contributed by atoms with Crippen molar-refractivity contribution in [2.45, 2.75) is 19.6 Å². The number of hydrogen-bond donors (Lipinski definition) is 1. The van der Waals surface area contributed by atoms with Crippen molar-refractivity contribution in [2.75, 3.05) is 0 Å². The molecule has 7 heteroatoms. The summed E-state index contributed by atoms with van der Waals surface area (Å²) in [5, 5.41) is 2.27. The smallest absolute Gasteiger partial charge is 0.436 e. The van der Waals surface area contributed by atoms with Crippen molar-refractivity contribution >= 4 is 5.91 Å². The highest BCUT2D eigenvalue weighted by molar-refractivity contribution is 5.72. The molecule has 1 heterocycles. The third kappa shape index (κ3) is 3.17. The second-order valence-corrected chi connectivity index (χ2v) is 4.06. The van der Waals surface area contributed by atoms with Gasteiger partial charge in [-0.05, 0) is 12.1 Å². The molecule has 0 aliphatic heterocycles. The van der Waals surface area contributed by atoms with Crippen molar-refractivity contribution < 1.29 is 22.4 Å². The number of carbonyl (C=O) groups excluding carboxylic acids is 1. The van der Waals surface area contributed by atoms with Crippen molar-refractivity contribution in [3.05, 3.63) is 41.8 Å². The van der Waals surface area contributed by atoms with E-state index in [-0.39, 0.29) is 12.4 Å². The lowest BCUT2D eigenvalue weighted by atomic mass is 10.2. The van der Waals surface area contributed by atoms with Gasteiger partial charge >= 0.3 is 6.18 Å². The van der Waals surface area contributed by atoms with Crippen molar-refractivity contribution in [1.82, 2.24) is 10.3 Å². The van der Waals surface area contributed by atoms with E-state index >= 15 is 0 Å². The predicted octanol–water partition coefficient (Wildman–Crippen LogP) is 3.00. The highest BCUT2D eigenvalue weighted by atomic mass is 19.4. The van der Waals surface area contributed by atoms with Crippen LogP contribution in [0.3, 0.4) is 0 Å². The maximum atomic E-state index is 12.9. The van der Waals surface area contributed by atoms with E-state index in [2.05, 4.69) is 10.3 Å². The van der Waals surface area contributed by atoms with Gasteiger partial charge in [0.15, 0.2) is 11.5 Å². The molecule has 4 nitrogen and oxygen atoms in total. The number of hydrogen-bond acceptors (Lipinski definition) is 3. The largest absolute Gasteiger partial charge is 0.439 e. The second-order valence-electron chi connectivity index (χ2n) is 4.06. The number of rotatable bonds is 3. The normalized spacial score (nSPS) is 11.4. The number of nitrogens with zero attached hydrogens (tertiary/aromatic N) is 1. The fraction of sp³-hybridized carbons (Fsp3) is 0.231. The highest BCUT2D eigenvalue weighted by Crippen LogP contribution is 2.34. The van der Waals surface area contributed by atoms with Crippen LogP contribution in [-0.2, 0) is 17.5 Å². The second kappa shape index (κ2) is 5.36. The minimum atomic E-state index is -4.63. The summed E-state index contributed by atoms with van der Waals surface area (Å²) in [6, 6.07) is 8.25. The first-order valence-corrected chi connectivity index (χ1v) is 5.74. The summed E-state index contributed by atoms with van der Waals surface area (Å²) in [4.78, 5) is 14.3. The number of halogens is 3. The van der Waals surface area contributed by atoms with Crippen molar-refractivity contribution in [3.63, 3.8) is 0 Å². The number of aromatic nitrogens is 1. The van der Waals surface area contributed by atoms with Crippen LogP contribution in [0.2, 0.25) is 0 Å². The van der Waals surface area contributed by atoms with Crippen LogP contribution >= 0.6 is 0 Å². The van der Waals surface area contributed by atoms with E-state index in [4.69, 9.17) is 4.42 Å². The first-order chi connectivity index (χ1) is 9.38. The lowest BCUT2D eigenvalue weighted by Gasteiger charge is -2.04. The average Bonchev–Trinajstić information content (AvgIpc) is 2.81. The summed E-state index contributed by atoms with van der Waals surface area (Å²) in [6.45, 7) is 0.853. The summed E-state index contributed by atoms with van der Waals surface area (Å²) in [7, 11) is 0. The summed E-state index contributed by atoms with van der Waals surface area (Å²) in [5.41, 5.74) is -0.683. The van der Waals surface area contributed by atoms with E-state index in [9.17, 15) is 18.0 Å². The Labute approximate surface area is 112 Å². The molecule has 0 saturated heterocycles. The summed E-state index contributed by atoms with van der Waals surface area (Å²) in [6.07, 6.45) is -4.63. The third-order valence-corrected chi connectivity index (χ3v) is 2.48. The summed E-state index contributed by atoms with van der Waals surface area (Å²) in [5.74, 6) is -0.986. The Hall–Kier alpha value is -2.31. The van der Waals surface area contributed by atoms with Gasteiger partial charge in [-0.3, -0.25) is 4.79 Å². The Bertz CT molecular complexity index is 606. The van der Waals surface area contributed by atoms with Crippen molar-refractivity contribution in [1.29, 1.82) is 0 Å². The molecule has 0 bridgehead atoms.